The van der Waals surface area contributed by atoms with Crippen LogP contribution >= 0.6 is 0 Å². The standard InChI is InChI=1S/C76H56N2O2Si/c1-75(2)64-21-11-7-16-52(64)54-33-28-49(42-66(54)75)77(47-31-36-70-61(40-47)56-18-9-13-23-68(56)79-70)46-27-26-45-38-63-58-35-30-51(44-73(58)81(5,6)72-25-15-20-59(74(63)72)60(45)39-46)78(48-32-37-71-62(41-48)57-19-10-14-24-69(57)80-71)50-29-34-55-53-17-8-12-22-65(53)76(3,4)67(55)43-50/h7-44H,1-6H3. The zero-order chi connectivity index (χ0) is 54.3. The summed E-state index contributed by atoms with van der Waals surface area (Å²) in [4.78, 5) is 4.95. The van der Waals surface area contributed by atoms with Crippen LogP contribution in [0.3, 0.4) is 0 Å². The molecule has 0 unspecified atom stereocenters. The highest BCUT2D eigenvalue weighted by Gasteiger charge is 2.39. The van der Waals surface area contributed by atoms with Gasteiger partial charge in [-0.25, -0.2) is 0 Å². The molecule has 0 N–H and O–H groups in total. The Balaban J connectivity index is 0.835. The molecular formula is C76H56N2O2Si. The summed E-state index contributed by atoms with van der Waals surface area (Å²) in [5.74, 6) is 0. The first kappa shape index (κ1) is 46.5. The third-order valence-electron chi connectivity index (χ3n) is 19.0. The molecule has 4 nitrogen and oxygen atoms in total. The number of hydrogen-bond acceptors (Lipinski definition) is 4. The topological polar surface area (TPSA) is 32.8 Å². The maximum Gasteiger partial charge on any atom is 0.135 e. The van der Waals surface area contributed by atoms with E-state index in [0.717, 1.165) is 78.0 Å². The first-order chi connectivity index (χ1) is 39.4. The van der Waals surface area contributed by atoms with Crippen LogP contribution in [0.5, 0.6) is 0 Å². The van der Waals surface area contributed by atoms with E-state index < -0.39 is 8.07 Å². The normalized spacial score (nSPS) is 14.8. The zero-order valence-electron chi connectivity index (χ0n) is 46.2. The largest absolute Gasteiger partial charge is 0.456 e. The molecule has 2 aliphatic carbocycles. The molecule has 0 fully saturated rings. The maximum atomic E-state index is 6.41. The molecule has 5 heteroatoms. The molecule has 3 aliphatic rings. The molecule has 12 aromatic carbocycles. The molecule has 81 heavy (non-hydrogen) atoms. The van der Waals surface area contributed by atoms with Crippen molar-refractivity contribution >= 4 is 118 Å². The Morgan fingerprint density at radius 3 is 1.28 bits per heavy atom. The summed E-state index contributed by atoms with van der Waals surface area (Å²) >= 11 is 0. The molecule has 0 atom stereocenters. The van der Waals surface area contributed by atoms with Gasteiger partial charge in [-0.1, -0.05) is 168 Å². The van der Waals surface area contributed by atoms with Crippen molar-refractivity contribution in [1.29, 1.82) is 0 Å². The van der Waals surface area contributed by atoms with Crippen molar-refractivity contribution in [2.75, 3.05) is 9.80 Å². The van der Waals surface area contributed by atoms with Crippen LogP contribution in [-0.2, 0) is 10.8 Å². The Hall–Kier alpha value is -9.42. The van der Waals surface area contributed by atoms with Crippen LogP contribution in [0.2, 0.25) is 13.1 Å². The minimum atomic E-state index is -2.37. The lowest BCUT2D eigenvalue weighted by atomic mass is 9.82. The molecule has 386 valence electrons. The molecule has 1 aliphatic heterocycles. The van der Waals surface area contributed by atoms with Gasteiger partial charge in [-0.2, -0.15) is 0 Å². The predicted molar refractivity (Wildman–Crippen MR) is 343 cm³/mol. The van der Waals surface area contributed by atoms with Crippen LogP contribution in [0.15, 0.2) is 239 Å². The average molecular weight is 1060 g/mol. The molecule has 0 saturated heterocycles. The van der Waals surface area contributed by atoms with Gasteiger partial charge in [0, 0.05) is 66.5 Å². The molecule has 0 amide bonds. The molecule has 3 heterocycles. The second-order valence-electron chi connectivity index (χ2n) is 24.4. The van der Waals surface area contributed by atoms with E-state index in [1.165, 1.54) is 87.6 Å². The van der Waals surface area contributed by atoms with Crippen molar-refractivity contribution < 1.29 is 8.83 Å². The van der Waals surface area contributed by atoms with Gasteiger partial charge in [-0.05, 0) is 191 Å². The van der Waals surface area contributed by atoms with Crippen LogP contribution in [0.4, 0.5) is 34.1 Å². The fraction of sp³-hybridized carbons (Fsp3) is 0.105. The summed E-state index contributed by atoms with van der Waals surface area (Å²) in [7, 11) is -2.37. The van der Waals surface area contributed by atoms with Crippen molar-refractivity contribution in [2.45, 2.75) is 51.6 Å². The van der Waals surface area contributed by atoms with Gasteiger partial charge in [-0.3, -0.25) is 0 Å². The van der Waals surface area contributed by atoms with E-state index in [1.807, 2.05) is 6.07 Å². The molecule has 0 spiro atoms. The van der Waals surface area contributed by atoms with E-state index >= 15 is 0 Å². The van der Waals surface area contributed by atoms with E-state index in [4.69, 9.17) is 8.83 Å². The predicted octanol–water partition coefficient (Wildman–Crippen LogP) is 20.1. The summed E-state index contributed by atoms with van der Waals surface area (Å²) < 4.78 is 12.8. The molecular weight excluding hydrogens is 1000 g/mol. The van der Waals surface area contributed by atoms with Crippen LogP contribution in [0.25, 0.3) is 98.8 Å². The van der Waals surface area contributed by atoms with Gasteiger partial charge >= 0.3 is 0 Å². The van der Waals surface area contributed by atoms with E-state index in [0.29, 0.717) is 0 Å². The molecule has 2 aromatic heterocycles. The quantitative estimate of drug-likeness (QED) is 0.123. The molecule has 0 bridgehead atoms. The first-order valence-electron chi connectivity index (χ1n) is 28.5. The van der Waals surface area contributed by atoms with Crippen LogP contribution in [0, 0.1) is 0 Å². The molecule has 17 rings (SSSR count). The van der Waals surface area contributed by atoms with Gasteiger partial charge in [0.25, 0.3) is 0 Å². The number of rotatable bonds is 6. The highest BCUT2D eigenvalue weighted by molar-refractivity contribution is 7.03. The van der Waals surface area contributed by atoms with Gasteiger partial charge in [-0.15, -0.1) is 0 Å². The fourth-order valence-electron chi connectivity index (χ4n) is 14.9. The Morgan fingerprint density at radius 1 is 0.296 bits per heavy atom. The summed E-state index contributed by atoms with van der Waals surface area (Å²) in [6.45, 7) is 14.6. The van der Waals surface area contributed by atoms with E-state index in [1.54, 1.807) is 0 Å². The lowest BCUT2D eigenvalue weighted by molar-refractivity contribution is 0.660. The van der Waals surface area contributed by atoms with Crippen molar-refractivity contribution in [2.24, 2.45) is 0 Å². The lowest BCUT2D eigenvalue weighted by Gasteiger charge is -2.36. The Morgan fingerprint density at radius 2 is 0.716 bits per heavy atom. The molecule has 0 saturated carbocycles. The average Bonchev–Trinajstić information content (AvgIpc) is 4.34. The van der Waals surface area contributed by atoms with Gasteiger partial charge in [0.05, 0.1) is 0 Å². The number of anilines is 6. The van der Waals surface area contributed by atoms with Gasteiger partial charge in [0.15, 0.2) is 0 Å². The summed E-state index contributed by atoms with van der Waals surface area (Å²) in [5.41, 5.74) is 23.3. The minimum Gasteiger partial charge on any atom is -0.456 e. The van der Waals surface area contributed by atoms with Gasteiger partial charge in [0.1, 0.15) is 30.4 Å². The van der Waals surface area contributed by atoms with Gasteiger partial charge in [0.2, 0.25) is 0 Å². The van der Waals surface area contributed by atoms with Crippen molar-refractivity contribution in [3.05, 3.63) is 253 Å². The Labute approximate surface area is 471 Å². The fourth-order valence-corrected chi connectivity index (χ4v) is 18.0. The second-order valence-corrected chi connectivity index (χ2v) is 28.8. The number of hydrogen-bond donors (Lipinski definition) is 0. The highest BCUT2D eigenvalue weighted by Crippen LogP contribution is 2.54. The third kappa shape index (κ3) is 6.47. The molecule has 0 radical (unpaired) electrons. The van der Waals surface area contributed by atoms with E-state index in [-0.39, 0.29) is 10.8 Å². The highest BCUT2D eigenvalue weighted by atomic mass is 28.3. The summed E-state index contributed by atoms with van der Waals surface area (Å²) in [6.07, 6.45) is 0. The first-order valence-corrected chi connectivity index (χ1v) is 31.5. The van der Waals surface area contributed by atoms with Crippen molar-refractivity contribution in [3.63, 3.8) is 0 Å². The van der Waals surface area contributed by atoms with E-state index in [2.05, 4.69) is 275 Å². The van der Waals surface area contributed by atoms with E-state index in [9.17, 15) is 0 Å². The number of furan rings is 2. The second kappa shape index (κ2) is 16.3. The number of fused-ring (bicyclic) bond motifs is 16. The van der Waals surface area contributed by atoms with Crippen LogP contribution in [0.1, 0.15) is 49.9 Å². The monoisotopic (exact) mass is 1060 g/mol. The smallest absolute Gasteiger partial charge is 0.135 e. The Bertz CT molecular complexity index is 5070. The van der Waals surface area contributed by atoms with Crippen LogP contribution < -0.4 is 20.2 Å². The van der Waals surface area contributed by atoms with Crippen molar-refractivity contribution in [1.82, 2.24) is 0 Å². The van der Waals surface area contributed by atoms with Gasteiger partial charge < -0.3 is 18.6 Å². The number of para-hydroxylation sites is 2. The lowest BCUT2D eigenvalue weighted by Crippen LogP contribution is -2.56. The SMILES string of the molecule is CC1(C)c2ccccc2-c2ccc(N(c3ccc4c(c3)[Si](C)(C)c3cccc5c3c-4cc3ccc(N(c4ccc6c(c4)C(C)(C)c4ccccc4-6)c4ccc6oc7ccccc7c6c4)cc35)c3ccc4oc5ccccc5c4c3)cc21. The summed E-state index contributed by atoms with van der Waals surface area (Å²) in [6, 6.07) is 86.3. The van der Waals surface area contributed by atoms with Crippen LogP contribution in [-0.4, -0.2) is 8.07 Å². The number of benzene rings is 12. The zero-order valence-corrected chi connectivity index (χ0v) is 47.2. The molecule has 14 aromatic rings. The summed E-state index contributed by atoms with van der Waals surface area (Å²) in [5, 5.41) is 12.5. The third-order valence-corrected chi connectivity index (χ3v) is 22.5. The maximum absolute atomic E-state index is 6.41. The van der Waals surface area contributed by atoms with Crippen molar-refractivity contribution in [3.8, 4) is 33.4 Å². The Kier molecular flexibility index (Phi) is 9.38. The number of nitrogens with zero attached hydrogens (tertiary/aromatic N) is 2. The minimum absolute atomic E-state index is 0.150.